The summed E-state index contributed by atoms with van der Waals surface area (Å²) < 4.78 is 21.8. The van der Waals surface area contributed by atoms with Gasteiger partial charge >= 0.3 is 5.69 Å². The van der Waals surface area contributed by atoms with E-state index in [0.717, 1.165) is 6.07 Å². The van der Waals surface area contributed by atoms with Gasteiger partial charge in [0.15, 0.2) is 0 Å². The maximum atomic E-state index is 10.9. The van der Waals surface area contributed by atoms with Crippen molar-refractivity contribution in [2.45, 2.75) is 11.9 Å². The molecule has 8 heteroatoms. The predicted octanol–water partition coefficient (Wildman–Crippen LogP) is -0.0544. The largest absolute Gasteiger partial charge is 0.308 e. The third kappa shape index (κ3) is 2.03. The zero-order chi connectivity index (χ0) is 10.9. The molecule has 76 valence electrons. The Morgan fingerprint density at radius 2 is 2.14 bits per heavy atom. The minimum atomic E-state index is -4.15. The molecule has 1 aromatic rings. The molecule has 14 heavy (non-hydrogen) atoms. The van der Waals surface area contributed by atoms with Crippen LogP contribution in [0.1, 0.15) is 5.56 Å². The molecule has 0 saturated heterocycles. The lowest BCUT2D eigenvalue weighted by molar-refractivity contribution is -0.388. The van der Waals surface area contributed by atoms with E-state index in [0.29, 0.717) is 5.56 Å². The summed E-state index contributed by atoms with van der Waals surface area (Å²) in [4.78, 5) is 13.0. The first-order valence-corrected chi connectivity index (χ1v) is 5.01. The van der Waals surface area contributed by atoms with Crippen LogP contribution in [0.3, 0.4) is 0 Å². The van der Waals surface area contributed by atoms with Crippen molar-refractivity contribution in [1.82, 2.24) is 4.98 Å². The Hall–Kier alpha value is -1.54. The monoisotopic (exact) mass is 217 g/mol. The first-order valence-electron chi connectivity index (χ1n) is 3.46. The van der Waals surface area contributed by atoms with Gasteiger partial charge in [0.1, 0.15) is 0 Å². The Bertz CT molecular complexity index is 482. The van der Waals surface area contributed by atoms with E-state index >= 15 is 0 Å². The highest BCUT2D eigenvalue weighted by Gasteiger charge is 2.24. The average molecular weight is 217 g/mol. The first-order chi connectivity index (χ1) is 6.32. The molecule has 0 spiro atoms. The van der Waals surface area contributed by atoms with Crippen molar-refractivity contribution in [3.8, 4) is 0 Å². The Kier molecular flexibility index (Phi) is 2.49. The summed E-state index contributed by atoms with van der Waals surface area (Å²) in [5.74, 6) is 0. The number of hydrogen-bond donors (Lipinski definition) is 1. The zero-order valence-corrected chi connectivity index (χ0v) is 7.98. The van der Waals surface area contributed by atoms with E-state index in [-0.39, 0.29) is 0 Å². The molecule has 0 aliphatic carbocycles. The Morgan fingerprint density at radius 1 is 1.57 bits per heavy atom. The second kappa shape index (κ2) is 3.31. The number of nitro groups is 1. The van der Waals surface area contributed by atoms with Gasteiger partial charge in [-0.1, -0.05) is 0 Å². The maximum Gasteiger partial charge on any atom is 0.308 e. The van der Waals surface area contributed by atoms with Crippen LogP contribution in [0.25, 0.3) is 0 Å². The summed E-state index contributed by atoms with van der Waals surface area (Å²) in [6, 6.07) is 1.10. The van der Waals surface area contributed by atoms with E-state index in [1.165, 1.54) is 6.20 Å². The summed E-state index contributed by atoms with van der Waals surface area (Å²) in [5, 5.41) is 14.5. The van der Waals surface area contributed by atoms with Crippen LogP contribution < -0.4 is 5.14 Å². The second-order valence-corrected chi connectivity index (χ2v) is 4.12. The van der Waals surface area contributed by atoms with Crippen molar-refractivity contribution in [2.24, 2.45) is 5.14 Å². The summed E-state index contributed by atoms with van der Waals surface area (Å²) in [5.41, 5.74) is -0.114. The van der Waals surface area contributed by atoms with Crippen LogP contribution >= 0.6 is 0 Å². The third-order valence-corrected chi connectivity index (χ3v) is 2.29. The lowest BCUT2D eigenvalue weighted by Gasteiger charge is -1.99. The highest BCUT2D eigenvalue weighted by molar-refractivity contribution is 7.89. The summed E-state index contributed by atoms with van der Waals surface area (Å²) >= 11 is 0. The lowest BCUT2D eigenvalue weighted by Crippen LogP contribution is -2.16. The average Bonchev–Trinajstić information content (AvgIpc) is 2.01. The van der Waals surface area contributed by atoms with Gasteiger partial charge in [-0.15, -0.1) is 0 Å². The lowest BCUT2D eigenvalue weighted by atomic mass is 10.3. The van der Waals surface area contributed by atoms with Gasteiger partial charge < -0.3 is 0 Å². The van der Waals surface area contributed by atoms with Crippen LogP contribution in [-0.2, 0) is 10.0 Å². The van der Waals surface area contributed by atoms with Gasteiger partial charge in [-0.3, -0.25) is 10.1 Å². The van der Waals surface area contributed by atoms with Crippen LogP contribution in [0, 0.1) is 17.0 Å². The Labute approximate surface area is 79.8 Å². The Balaban J connectivity index is 3.53. The standard InChI is InChI=1S/C6H7N3O4S/c1-4-2-5(9(10)11)6(8-3-4)14(7,12)13/h2-3H,1H3,(H2,7,12,13). The van der Waals surface area contributed by atoms with Crippen LogP contribution in [0.15, 0.2) is 17.3 Å². The number of sulfonamides is 1. The number of hydrogen-bond acceptors (Lipinski definition) is 5. The molecular formula is C6H7N3O4S. The molecule has 1 aromatic heterocycles. The van der Waals surface area contributed by atoms with Crippen molar-refractivity contribution in [2.75, 3.05) is 0 Å². The molecule has 0 saturated carbocycles. The molecule has 1 heterocycles. The molecule has 0 atom stereocenters. The molecule has 0 fully saturated rings. The van der Waals surface area contributed by atoms with Crippen LogP contribution in [0.5, 0.6) is 0 Å². The van der Waals surface area contributed by atoms with Gasteiger partial charge in [0, 0.05) is 12.3 Å². The van der Waals surface area contributed by atoms with Crippen LogP contribution in [0.2, 0.25) is 0 Å². The topological polar surface area (TPSA) is 116 Å². The molecule has 0 aliphatic heterocycles. The molecule has 1 rings (SSSR count). The SMILES string of the molecule is Cc1cnc(S(N)(=O)=O)c([N+](=O)[O-])c1. The van der Waals surface area contributed by atoms with Crippen molar-refractivity contribution in [3.05, 3.63) is 27.9 Å². The highest BCUT2D eigenvalue weighted by Crippen LogP contribution is 2.20. The number of nitrogens with zero attached hydrogens (tertiary/aromatic N) is 2. The number of aryl methyl sites for hydroxylation is 1. The zero-order valence-electron chi connectivity index (χ0n) is 7.17. The van der Waals surface area contributed by atoms with E-state index in [1.807, 2.05) is 0 Å². The van der Waals surface area contributed by atoms with Gasteiger partial charge in [0.2, 0.25) is 5.03 Å². The van der Waals surface area contributed by atoms with E-state index in [1.54, 1.807) is 6.92 Å². The van der Waals surface area contributed by atoms with E-state index < -0.39 is 25.7 Å². The van der Waals surface area contributed by atoms with Crippen molar-refractivity contribution in [1.29, 1.82) is 0 Å². The minimum absolute atomic E-state index is 0.490. The maximum absolute atomic E-state index is 10.9. The first kappa shape index (κ1) is 10.5. The number of pyridine rings is 1. The van der Waals surface area contributed by atoms with Gasteiger partial charge in [-0.05, 0) is 12.5 Å². The van der Waals surface area contributed by atoms with E-state index in [9.17, 15) is 18.5 Å². The number of aromatic nitrogens is 1. The van der Waals surface area contributed by atoms with E-state index in [4.69, 9.17) is 5.14 Å². The van der Waals surface area contributed by atoms with Gasteiger partial charge in [-0.25, -0.2) is 18.5 Å². The summed E-state index contributed by atoms with van der Waals surface area (Å²) in [7, 11) is -4.15. The molecule has 2 N–H and O–H groups in total. The molecule has 0 aromatic carbocycles. The van der Waals surface area contributed by atoms with Crippen molar-refractivity contribution in [3.63, 3.8) is 0 Å². The smallest absolute Gasteiger partial charge is 0.258 e. The fourth-order valence-corrected chi connectivity index (χ4v) is 1.52. The predicted molar refractivity (Wildman–Crippen MR) is 47.0 cm³/mol. The summed E-state index contributed by atoms with van der Waals surface area (Å²) in [6.07, 6.45) is 1.20. The molecular weight excluding hydrogens is 210 g/mol. The molecule has 0 unspecified atom stereocenters. The molecule has 0 radical (unpaired) electrons. The number of rotatable bonds is 2. The fourth-order valence-electron chi connectivity index (χ4n) is 0.891. The molecule has 0 aliphatic rings. The van der Waals surface area contributed by atoms with Gasteiger partial charge in [0.25, 0.3) is 10.0 Å². The van der Waals surface area contributed by atoms with Crippen molar-refractivity contribution < 1.29 is 13.3 Å². The normalized spacial score (nSPS) is 11.3. The molecule has 0 bridgehead atoms. The summed E-state index contributed by atoms with van der Waals surface area (Å²) in [6.45, 7) is 1.56. The van der Waals surface area contributed by atoms with Crippen LogP contribution in [-0.4, -0.2) is 18.3 Å². The number of primary sulfonamides is 1. The minimum Gasteiger partial charge on any atom is -0.258 e. The Morgan fingerprint density at radius 3 is 2.57 bits per heavy atom. The van der Waals surface area contributed by atoms with Gasteiger partial charge in [-0.2, -0.15) is 0 Å². The number of nitrogens with two attached hydrogens (primary N) is 1. The third-order valence-electron chi connectivity index (χ3n) is 1.44. The molecule has 0 amide bonds. The van der Waals surface area contributed by atoms with Gasteiger partial charge in [0.05, 0.1) is 4.92 Å². The highest BCUT2D eigenvalue weighted by atomic mass is 32.2. The molecule has 7 nitrogen and oxygen atoms in total. The fraction of sp³-hybridized carbons (Fsp3) is 0.167. The van der Waals surface area contributed by atoms with Crippen LogP contribution in [0.4, 0.5) is 5.69 Å². The van der Waals surface area contributed by atoms with E-state index in [2.05, 4.69) is 4.98 Å². The van der Waals surface area contributed by atoms with Crippen molar-refractivity contribution >= 4 is 15.7 Å². The second-order valence-electron chi connectivity index (χ2n) is 2.64. The quantitative estimate of drug-likeness (QED) is 0.550.